The Morgan fingerprint density at radius 3 is 2.81 bits per heavy atom. The summed E-state index contributed by atoms with van der Waals surface area (Å²) >= 11 is 12.4. The molecule has 1 aliphatic rings. The SMILES string of the molecule is CCOC(=O)c1c[nH]c2c(-c3ccc(Cl)cc3Cl)c(C3CC3)nn2c1=O. The quantitative estimate of drug-likeness (QED) is 0.680. The predicted octanol–water partition coefficient (Wildman–Crippen LogP) is 4.05. The molecule has 1 aliphatic carbocycles. The van der Waals surface area contributed by atoms with Crippen molar-refractivity contribution in [2.75, 3.05) is 6.61 Å². The number of hydrogen-bond acceptors (Lipinski definition) is 4. The van der Waals surface area contributed by atoms with Gasteiger partial charge in [-0.25, -0.2) is 4.79 Å². The highest BCUT2D eigenvalue weighted by atomic mass is 35.5. The smallest absolute Gasteiger partial charge is 0.345 e. The molecule has 2 heterocycles. The summed E-state index contributed by atoms with van der Waals surface area (Å²) < 4.78 is 6.16. The second-order valence-corrected chi connectivity index (χ2v) is 6.99. The monoisotopic (exact) mass is 391 g/mol. The van der Waals surface area contributed by atoms with E-state index in [9.17, 15) is 9.59 Å². The first-order valence-corrected chi connectivity index (χ1v) is 9.03. The molecule has 1 aromatic carbocycles. The lowest BCUT2D eigenvalue weighted by Crippen LogP contribution is -2.24. The van der Waals surface area contributed by atoms with Crippen molar-refractivity contribution in [3.8, 4) is 11.1 Å². The number of hydrogen-bond donors (Lipinski definition) is 1. The number of esters is 1. The Bertz CT molecular complexity index is 1080. The highest BCUT2D eigenvalue weighted by Crippen LogP contribution is 2.46. The van der Waals surface area contributed by atoms with E-state index in [1.807, 2.05) is 6.07 Å². The number of rotatable bonds is 4. The van der Waals surface area contributed by atoms with E-state index in [-0.39, 0.29) is 18.1 Å². The maximum atomic E-state index is 12.7. The van der Waals surface area contributed by atoms with E-state index in [1.165, 1.54) is 10.7 Å². The zero-order valence-corrected chi connectivity index (χ0v) is 15.4. The number of nitrogens with one attached hydrogen (secondary N) is 1. The Balaban J connectivity index is 1.98. The van der Waals surface area contributed by atoms with Gasteiger partial charge in [0.1, 0.15) is 11.2 Å². The van der Waals surface area contributed by atoms with Gasteiger partial charge in [0, 0.05) is 28.3 Å². The van der Waals surface area contributed by atoms with Gasteiger partial charge < -0.3 is 9.72 Å². The second kappa shape index (κ2) is 6.45. The molecule has 2 aromatic heterocycles. The Hall–Kier alpha value is -2.31. The first-order chi connectivity index (χ1) is 12.5. The third-order valence-corrected chi connectivity index (χ3v) is 4.90. The van der Waals surface area contributed by atoms with Gasteiger partial charge in [-0.15, -0.1) is 0 Å². The highest BCUT2D eigenvalue weighted by Gasteiger charge is 2.32. The highest BCUT2D eigenvalue weighted by molar-refractivity contribution is 6.36. The standard InChI is InChI=1S/C18H15Cl2N3O3/c1-2-26-18(25)12-8-21-16-14(11-6-5-10(19)7-13(11)20)15(9-3-4-9)22-23(16)17(12)24/h5-9,21H,2-4H2,1H3. The summed E-state index contributed by atoms with van der Waals surface area (Å²) in [5.41, 5.74) is 2.19. The minimum absolute atomic E-state index is 0.0852. The fourth-order valence-electron chi connectivity index (χ4n) is 2.99. The zero-order valence-electron chi connectivity index (χ0n) is 13.9. The van der Waals surface area contributed by atoms with Crippen LogP contribution in [-0.4, -0.2) is 27.2 Å². The topological polar surface area (TPSA) is 76.5 Å². The summed E-state index contributed by atoms with van der Waals surface area (Å²) in [6.07, 6.45) is 3.36. The summed E-state index contributed by atoms with van der Waals surface area (Å²) in [6, 6.07) is 5.21. The molecule has 8 heteroatoms. The van der Waals surface area contributed by atoms with E-state index in [4.69, 9.17) is 27.9 Å². The number of fused-ring (bicyclic) bond motifs is 1. The Labute approximate surface area is 158 Å². The molecule has 3 aromatic rings. The third-order valence-electron chi connectivity index (χ3n) is 4.35. The molecule has 1 saturated carbocycles. The minimum atomic E-state index is -0.676. The molecule has 0 aliphatic heterocycles. The number of ether oxygens (including phenoxy) is 1. The Kier molecular flexibility index (Phi) is 4.25. The second-order valence-electron chi connectivity index (χ2n) is 6.15. The molecule has 0 saturated heterocycles. The lowest BCUT2D eigenvalue weighted by molar-refractivity contribution is 0.0523. The summed E-state index contributed by atoms with van der Waals surface area (Å²) in [5.74, 6) is -0.402. The molecule has 0 amide bonds. The molecule has 26 heavy (non-hydrogen) atoms. The number of aromatic nitrogens is 3. The zero-order chi connectivity index (χ0) is 18.4. The van der Waals surface area contributed by atoms with E-state index < -0.39 is 11.5 Å². The van der Waals surface area contributed by atoms with E-state index in [2.05, 4.69) is 10.1 Å². The van der Waals surface area contributed by atoms with Crippen LogP contribution in [0.2, 0.25) is 10.0 Å². The van der Waals surface area contributed by atoms with Crippen LogP contribution in [0.5, 0.6) is 0 Å². The van der Waals surface area contributed by atoms with Gasteiger partial charge in [0.25, 0.3) is 5.56 Å². The first kappa shape index (κ1) is 17.1. The number of carbonyl (C=O) groups excluding carboxylic acids is 1. The summed E-state index contributed by atoms with van der Waals surface area (Å²) in [7, 11) is 0. The number of benzene rings is 1. The molecular formula is C18H15Cl2N3O3. The van der Waals surface area contributed by atoms with Gasteiger partial charge in [0.05, 0.1) is 17.3 Å². The van der Waals surface area contributed by atoms with E-state index in [0.717, 1.165) is 29.7 Å². The largest absolute Gasteiger partial charge is 0.462 e. The van der Waals surface area contributed by atoms with E-state index in [0.29, 0.717) is 15.7 Å². The van der Waals surface area contributed by atoms with Crippen LogP contribution in [0.25, 0.3) is 16.8 Å². The average Bonchev–Trinajstić information content (AvgIpc) is 3.37. The number of nitrogens with zero attached hydrogens (tertiary/aromatic N) is 2. The Morgan fingerprint density at radius 2 is 2.15 bits per heavy atom. The van der Waals surface area contributed by atoms with Crippen LogP contribution in [0.3, 0.4) is 0 Å². The molecule has 0 spiro atoms. The molecule has 134 valence electrons. The predicted molar refractivity (Wildman–Crippen MR) is 99.2 cm³/mol. The molecule has 4 rings (SSSR count). The van der Waals surface area contributed by atoms with Crippen LogP contribution in [0.15, 0.2) is 29.2 Å². The molecule has 0 unspecified atom stereocenters. The molecule has 0 radical (unpaired) electrons. The van der Waals surface area contributed by atoms with Gasteiger partial charge in [-0.3, -0.25) is 4.79 Å². The van der Waals surface area contributed by atoms with E-state index in [1.54, 1.807) is 19.1 Å². The third kappa shape index (κ3) is 2.79. The van der Waals surface area contributed by atoms with Gasteiger partial charge in [0.2, 0.25) is 0 Å². The molecule has 0 bridgehead atoms. The van der Waals surface area contributed by atoms with Crippen LogP contribution in [0, 0.1) is 0 Å². The van der Waals surface area contributed by atoms with Crippen molar-refractivity contribution >= 4 is 34.8 Å². The number of aromatic amines is 1. The lowest BCUT2D eigenvalue weighted by atomic mass is 10.0. The Morgan fingerprint density at radius 1 is 1.38 bits per heavy atom. The molecule has 6 nitrogen and oxygen atoms in total. The average molecular weight is 392 g/mol. The number of carbonyl (C=O) groups is 1. The number of H-pyrrole nitrogens is 1. The summed E-state index contributed by atoms with van der Waals surface area (Å²) in [4.78, 5) is 27.8. The normalized spacial score (nSPS) is 14.0. The van der Waals surface area contributed by atoms with Crippen molar-refractivity contribution in [1.82, 2.24) is 14.6 Å². The molecule has 1 N–H and O–H groups in total. The van der Waals surface area contributed by atoms with Crippen LogP contribution in [0.1, 0.15) is 41.7 Å². The van der Waals surface area contributed by atoms with Crippen LogP contribution >= 0.6 is 23.2 Å². The fraction of sp³-hybridized carbons (Fsp3) is 0.278. The van der Waals surface area contributed by atoms with Crippen LogP contribution in [0.4, 0.5) is 0 Å². The maximum absolute atomic E-state index is 12.7. The van der Waals surface area contributed by atoms with Crippen molar-refractivity contribution < 1.29 is 9.53 Å². The maximum Gasteiger partial charge on any atom is 0.345 e. The summed E-state index contributed by atoms with van der Waals surface area (Å²) in [6.45, 7) is 1.87. The van der Waals surface area contributed by atoms with Gasteiger partial charge in [-0.1, -0.05) is 29.3 Å². The van der Waals surface area contributed by atoms with Crippen LogP contribution < -0.4 is 5.56 Å². The summed E-state index contributed by atoms with van der Waals surface area (Å²) in [5, 5.41) is 5.50. The number of halogens is 2. The van der Waals surface area contributed by atoms with Gasteiger partial charge in [-0.05, 0) is 31.9 Å². The van der Waals surface area contributed by atoms with Crippen LogP contribution in [-0.2, 0) is 4.74 Å². The van der Waals surface area contributed by atoms with Crippen molar-refractivity contribution in [3.05, 3.63) is 56.1 Å². The lowest BCUT2D eigenvalue weighted by Gasteiger charge is -2.06. The van der Waals surface area contributed by atoms with Crippen molar-refractivity contribution in [3.63, 3.8) is 0 Å². The first-order valence-electron chi connectivity index (χ1n) is 8.28. The van der Waals surface area contributed by atoms with Crippen molar-refractivity contribution in [1.29, 1.82) is 0 Å². The molecule has 1 fully saturated rings. The fourth-order valence-corrected chi connectivity index (χ4v) is 3.49. The van der Waals surface area contributed by atoms with Gasteiger partial charge in [-0.2, -0.15) is 9.61 Å². The van der Waals surface area contributed by atoms with Gasteiger partial charge >= 0.3 is 5.97 Å². The van der Waals surface area contributed by atoms with E-state index >= 15 is 0 Å². The van der Waals surface area contributed by atoms with Crippen molar-refractivity contribution in [2.24, 2.45) is 0 Å². The molecular weight excluding hydrogens is 377 g/mol. The van der Waals surface area contributed by atoms with Crippen molar-refractivity contribution in [2.45, 2.75) is 25.7 Å². The minimum Gasteiger partial charge on any atom is -0.462 e. The molecule has 0 atom stereocenters. The van der Waals surface area contributed by atoms with Gasteiger partial charge in [0.15, 0.2) is 0 Å².